The van der Waals surface area contributed by atoms with E-state index in [4.69, 9.17) is 0 Å². The van der Waals surface area contributed by atoms with Gasteiger partial charge in [0.05, 0.1) is 23.7 Å². The van der Waals surface area contributed by atoms with E-state index in [0.717, 1.165) is 56.1 Å². The molecule has 0 saturated heterocycles. The maximum atomic E-state index is 12.2. The van der Waals surface area contributed by atoms with Crippen molar-refractivity contribution in [3.05, 3.63) is 35.5 Å². The Hall–Kier alpha value is -1.43. The molecule has 0 aromatic heterocycles. The molecule has 4 N–H and O–H groups in total. The van der Waals surface area contributed by atoms with E-state index in [9.17, 15) is 25.2 Å². The van der Waals surface area contributed by atoms with Crippen LogP contribution in [0.2, 0.25) is 0 Å². The van der Waals surface area contributed by atoms with Crippen LogP contribution >= 0.6 is 0 Å². The predicted molar refractivity (Wildman–Crippen MR) is 131 cm³/mol. The number of carbonyl (C=O) groups is 1. The zero-order valence-corrected chi connectivity index (χ0v) is 20.9. The van der Waals surface area contributed by atoms with Crippen LogP contribution in [0.4, 0.5) is 0 Å². The lowest BCUT2D eigenvalue weighted by Crippen LogP contribution is -2.43. The Kier molecular flexibility index (Phi) is 7.97. The number of carboxylic acids is 1. The molecule has 5 heteroatoms. The first-order valence-corrected chi connectivity index (χ1v) is 12.7. The fourth-order valence-corrected chi connectivity index (χ4v) is 6.89. The van der Waals surface area contributed by atoms with E-state index in [1.165, 1.54) is 19.4 Å². The SMILES string of the molecule is C=C1CC[C@H](O)C/C1=C/C=C1\CCC[C@]2(C)[C@@H]([C@H](C)C(CC(O)C(C)(C)O)C(=O)O)CC[C@@H]12. The first-order valence-electron chi connectivity index (χ1n) is 12.7. The molecule has 7 atom stereocenters. The molecule has 0 bridgehead atoms. The summed E-state index contributed by atoms with van der Waals surface area (Å²) in [6, 6.07) is 0. The average Bonchev–Trinajstić information content (AvgIpc) is 3.08. The van der Waals surface area contributed by atoms with Crippen molar-refractivity contribution in [1.82, 2.24) is 0 Å². The lowest BCUT2D eigenvalue weighted by Gasteiger charge is -2.45. The molecule has 3 aliphatic rings. The van der Waals surface area contributed by atoms with Crippen molar-refractivity contribution in [3.63, 3.8) is 0 Å². The molecule has 0 aliphatic heterocycles. The smallest absolute Gasteiger partial charge is 0.306 e. The topological polar surface area (TPSA) is 98.0 Å². The van der Waals surface area contributed by atoms with Gasteiger partial charge in [0.25, 0.3) is 0 Å². The number of aliphatic hydroxyl groups excluding tert-OH is 2. The molecular weight excluding hydrogens is 416 g/mol. The van der Waals surface area contributed by atoms with Crippen LogP contribution in [-0.4, -0.2) is 44.2 Å². The van der Waals surface area contributed by atoms with Gasteiger partial charge in [-0.2, -0.15) is 0 Å². The number of allylic oxidation sites excluding steroid dienone is 4. The molecule has 33 heavy (non-hydrogen) atoms. The fraction of sp³-hybridized carbons (Fsp3) is 0.750. The van der Waals surface area contributed by atoms with Crippen molar-refractivity contribution in [1.29, 1.82) is 0 Å². The molecular formula is C28H44O5. The van der Waals surface area contributed by atoms with Crippen LogP contribution in [0.5, 0.6) is 0 Å². The lowest BCUT2D eigenvalue weighted by atomic mass is 9.59. The van der Waals surface area contributed by atoms with E-state index in [1.807, 2.05) is 6.92 Å². The maximum Gasteiger partial charge on any atom is 0.306 e. The van der Waals surface area contributed by atoms with Gasteiger partial charge in [0.1, 0.15) is 0 Å². The van der Waals surface area contributed by atoms with Crippen molar-refractivity contribution in [2.75, 3.05) is 0 Å². The quantitative estimate of drug-likeness (QED) is 0.428. The predicted octanol–water partition coefficient (Wildman–Crippen LogP) is 5.02. The summed E-state index contributed by atoms with van der Waals surface area (Å²) in [7, 11) is 0. The summed E-state index contributed by atoms with van der Waals surface area (Å²) in [6.07, 6.45) is 10.8. The van der Waals surface area contributed by atoms with Crippen LogP contribution in [0.1, 0.15) is 85.5 Å². The van der Waals surface area contributed by atoms with Gasteiger partial charge in [-0.15, -0.1) is 0 Å². The van der Waals surface area contributed by atoms with Crippen molar-refractivity contribution in [2.45, 2.75) is 103 Å². The number of carboxylic acid groups (broad SMARTS) is 1. The van der Waals surface area contributed by atoms with Crippen LogP contribution in [0.15, 0.2) is 35.5 Å². The van der Waals surface area contributed by atoms with Crippen LogP contribution in [-0.2, 0) is 4.79 Å². The van der Waals surface area contributed by atoms with Gasteiger partial charge in [0.2, 0.25) is 0 Å². The van der Waals surface area contributed by atoms with Crippen molar-refractivity contribution in [3.8, 4) is 0 Å². The Morgan fingerprint density at radius 2 is 1.94 bits per heavy atom. The number of rotatable bonds is 7. The highest BCUT2D eigenvalue weighted by atomic mass is 16.4. The summed E-state index contributed by atoms with van der Waals surface area (Å²) in [5.74, 6) is -0.953. The second-order valence-corrected chi connectivity index (χ2v) is 11.7. The summed E-state index contributed by atoms with van der Waals surface area (Å²) >= 11 is 0. The van der Waals surface area contributed by atoms with Gasteiger partial charge < -0.3 is 20.4 Å². The van der Waals surface area contributed by atoms with Gasteiger partial charge in [-0.05, 0) is 100 Å². The van der Waals surface area contributed by atoms with Crippen molar-refractivity contribution < 1.29 is 25.2 Å². The molecule has 0 aromatic carbocycles. The Morgan fingerprint density at radius 3 is 2.58 bits per heavy atom. The Bertz CT molecular complexity index is 804. The Morgan fingerprint density at radius 1 is 1.24 bits per heavy atom. The highest BCUT2D eigenvalue weighted by Gasteiger charge is 2.52. The Labute approximate surface area is 199 Å². The van der Waals surface area contributed by atoms with Crippen molar-refractivity contribution in [2.24, 2.45) is 29.1 Å². The first-order chi connectivity index (χ1) is 15.3. The summed E-state index contributed by atoms with van der Waals surface area (Å²) in [4.78, 5) is 12.2. The molecule has 3 fully saturated rings. The molecule has 0 spiro atoms. The van der Waals surface area contributed by atoms with E-state index in [2.05, 4.69) is 25.7 Å². The number of aliphatic hydroxyl groups is 3. The number of hydrogen-bond acceptors (Lipinski definition) is 4. The highest BCUT2D eigenvalue weighted by molar-refractivity contribution is 5.70. The lowest BCUT2D eigenvalue weighted by molar-refractivity contribution is -0.148. The molecule has 0 aromatic rings. The van der Waals surface area contributed by atoms with Gasteiger partial charge in [-0.25, -0.2) is 0 Å². The minimum absolute atomic E-state index is 0.0402. The molecule has 186 valence electrons. The summed E-state index contributed by atoms with van der Waals surface area (Å²) in [5, 5.41) is 40.6. The average molecular weight is 461 g/mol. The van der Waals surface area contributed by atoms with E-state index in [1.54, 1.807) is 0 Å². The van der Waals surface area contributed by atoms with E-state index < -0.39 is 23.6 Å². The summed E-state index contributed by atoms with van der Waals surface area (Å²) in [6.45, 7) is 11.6. The van der Waals surface area contributed by atoms with Crippen LogP contribution in [0, 0.1) is 29.1 Å². The number of hydrogen-bond donors (Lipinski definition) is 4. The van der Waals surface area contributed by atoms with Gasteiger partial charge in [0, 0.05) is 0 Å². The van der Waals surface area contributed by atoms with E-state index >= 15 is 0 Å². The molecule has 0 amide bonds. The summed E-state index contributed by atoms with van der Waals surface area (Å²) < 4.78 is 0. The fourth-order valence-electron chi connectivity index (χ4n) is 6.89. The van der Waals surface area contributed by atoms with Crippen LogP contribution < -0.4 is 0 Å². The Balaban J connectivity index is 1.80. The maximum absolute atomic E-state index is 12.2. The second-order valence-electron chi connectivity index (χ2n) is 11.7. The van der Waals surface area contributed by atoms with E-state index in [0.29, 0.717) is 12.3 Å². The largest absolute Gasteiger partial charge is 0.481 e. The molecule has 5 nitrogen and oxygen atoms in total. The van der Waals surface area contributed by atoms with Gasteiger partial charge in [0.15, 0.2) is 0 Å². The molecule has 0 radical (unpaired) electrons. The van der Waals surface area contributed by atoms with Crippen LogP contribution in [0.3, 0.4) is 0 Å². The second kappa shape index (κ2) is 10.1. The normalized spacial score (nSPS) is 36.0. The minimum Gasteiger partial charge on any atom is -0.481 e. The molecule has 2 unspecified atom stereocenters. The van der Waals surface area contributed by atoms with E-state index in [-0.39, 0.29) is 29.8 Å². The van der Waals surface area contributed by atoms with Gasteiger partial charge >= 0.3 is 5.97 Å². The number of aliphatic carboxylic acids is 1. The monoisotopic (exact) mass is 460 g/mol. The third kappa shape index (κ3) is 5.63. The molecule has 0 heterocycles. The first kappa shape index (κ1) is 26.2. The standard InChI is InChI=1S/C28H44O5/c1-17-8-11-21(29)15-20(17)10-9-19-7-6-14-28(5)23(12-13-24(19)28)18(2)22(26(31)32)16-25(30)27(3,4)33/h9-10,18,21-25,29-30,33H,1,6-8,11-16H2,2-5H3,(H,31,32)/b19-9+,20-10-/t18-,21+,22?,23-,24+,25?,28-/m1/s1. The molecule has 3 saturated carbocycles. The zero-order chi connectivity index (χ0) is 24.6. The summed E-state index contributed by atoms with van der Waals surface area (Å²) in [5.41, 5.74) is 2.45. The highest BCUT2D eigenvalue weighted by Crippen LogP contribution is 2.60. The third-order valence-electron chi connectivity index (χ3n) is 9.10. The molecule has 3 rings (SSSR count). The van der Waals surface area contributed by atoms with Gasteiger partial charge in [-0.1, -0.05) is 43.7 Å². The van der Waals surface area contributed by atoms with Crippen LogP contribution in [0.25, 0.3) is 0 Å². The third-order valence-corrected chi connectivity index (χ3v) is 9.10. The van der Waals surface area contributed by atoms with Gasteiger partial charge in [-0.3, -0.25) is 4.79 Å². The number of fused-ring (bicyclic) bond motifs is 1. The van der Waals surface area contributed by atoms with Crippen molar-refractivity contribution >= 4 is 5.97 Å². The molecule has 3 aliphatic carbocycles. The minimum atomic E-state index is -1.32. The zero-order valence-electron chi connectivity index (χ0n) is 20.9.